The number of pyridine rings is 1. The Kier molecular flexibility index (Phi) is 3.99. The van der Waals surface area contributed by atoms with Crippen LogP contribution >= 0.6 is 11.8 Å². The van der Waals surface area contributed by atoms with Gasteiger partial charge in [-0.2, -0.15) is 0 Å². The molecule has 1 heterocycles. The van der Waals surface area contributed by atoms with Gasteiger partial charge in [0.2, 0.25) is 0 Å². The molecule has 0 amide bonds. The number of thioether (sulfide) groups is 1. The molecule has 0 bridgehead atoms. The van der Waals surface area contributed by atoms with E-state index in [2.05, 4.69) is 24.0 Å². The zero-order chi connectivity index (χ0) is 13.0. The molecular weight excluding hydrogens is 242 g/mol. The predicted octanol–water partition coefficient (Wildman–Crippen LogP) is 2.97. The first kappa shape index (κ1) is 12.6. The second-order valence-corrected chi connectivity index (χ2v) is 5.00. The maximum atomic E-state index is 7.50. The average Bonchev–Trinajstić information content (AvgIpc) is 2.38. The molecule has 0 radical (unpaired) electrons. The van der Waals surface area contributed by atoms with Crippen LogP contribution in [0.25, 0.3) is 0 Å². The van der Waals surface area contributed by atoms with Gasteiger partial charge in [-0.15, -0.1) is 11.8 Å². The maximum Gasteiger partial charge on any atom is 0.142 e. The third-order valence-electron chi connectivity index (χ3n) is 2.67. The summed E-state index contributed by atoms with van der Waals surface area (Å²) in [6, 6.07) is 12.1. The number of nitrogen functional groups attached to an aromatic ring is 1. The van der Waals surface area contributed by atoms with Crippen molar-refractivity contribution in [1.82, 2.24) is 4.98 Å². The van der Waals surface area contributed by atoms with Crippen molar-refractivity contribution >= 4 is 17.6 Å². The number of hydrogen-bond donors (Lipinski definition) is 2. The SMILES string of the molecule is Cc1ccccc1CSc1cccnc1C(=N)N. The molecule has 0 fully saturated rings. The smallest absolute Gasteiger partial charge is 0.142 e. The van der Waals surface area contributed by atoms with Gasteiger partial charge in [-0.25, -0.2) is 0 Å². The van der Waals surface area contributed by atoms with E-state index in [0.717, 1.165) is 10.6 Å². The number of nitrogens with one attached hydrogen (secondary N) is 1. The van der Waals surface area contributed by atoms with Gasteiger partial charge in [-0.1, -0.05) is 24.3 Å². The van der Waals surface area contributed by atoms with Gasteiger partial charge in [-0.05, 0) is 30.2 Å². The quantitative estimate of drug-likeness (QED) is 0.503. The summed E-state index contributed by atoms with van der Waals surface area (Å²) in [5.74, 6) is 0.876. The molecule has 1 aromatic carbocycles. The van der Waals surface area contributed by atoms with E-state index in [1.807, 2.05) is 24.3 Å². The fourth-order valence-corrected chi connectivity index (χ4v) is 2.75. The zero-order valence-corrected chi connectivity index (χ0v) is 11.0. The van der Waals surface area contributed by atoms with E-state index >= 15 is 0 Å². The van der Waals surface area contributed by atoms with Crippen molar-refractivity contribution in [2.45, 2.75) is 17.6 Å². The summed E-state index contributed by atoms with van der Waals surface area (Å²) >= 11 is 1.66. The number of benzene rings is 1. The third-order valence-corrected chi connectivity index (χ3v) is 3.77. The predicted molar refractivity (Wildman–Crippen MR) is 76.0 cm³/mol. The summed E-state index contributed by atoms with van der Waals surface area (Å²) in [6.45, 7) is 2.10. The Labute approximate surface area is 111 Å². The second kappa shape index (κ2) is 5.69. The molecular formula is C14H15N3S. The van der Waals surface area contributed by atoms with Crippen molar-refractivity contribution in [3.63, 3.8) is 0 Å². The lowest BCUT2D eigenvalue weighted by Gasteiger charge is -2.08. The first-order valence-corrected chi connectivity index (χ1v) is 6.64. The Balaban J connectivity index is 2.16. The highest BCUT2D eigenvalue weighted by atomic mass is 32.2. The number of rotatable bonds is 4. The van der Waals surface area contributed by atoms with Crippen LogP contribution in [0.1, 0.15) is 16.8 Å². The Morgan fingerprint density at radius 1 is 1.28 bits per heavy atom. The highest BCUT2D eigenvalue weighted by Crippen LogP contribution is 2.26. The van der Waals surface area contributed by atoms with Gasteiger partial charge in [0.05, 0.1) is 0 Å². The first-order valence-electron chi connectivity index (χ1n) is 5.65. The standard InChI is InChI=1S/C14H15N3S/c1-10-5-2-3-6-11(10)9-18-12-7-4-8-17-13(12)14(15)16/h2-8H,9H2,1H3,(H3,15,16). The summed E-state index contributed by atoms with van der Waals surface area (Å²) < 4.78 is 0. The topological polar surface area (TPSA) is 62.8 Å². The minimum atomic E-state index is 0.0166. The van der Waals surface area contributed by atoms with Gasteiger partial charge in [0, 0.05) is 16.8 Å². The summed E-state index contributed by atoms with van der Waals surface area (Å²) in [7, 11) is 0. The largest absolute Gasteiger partial charge is 0.382 e. The van der Waals surface area contributed by atoms with Crippen molar-refractivity contribution in [3.05, 3.63) is 59.4 Å². The lowest BCUT2D eigenvalue weighted by atomic mass is 10.1. The van der Waals surface area contributed by atoms with Gasteiger partial charge in [0.1, 0.15) is 11.5 Å². The summed E-state index contributed by atoms with van der Waals surface area (Å²) in [5.41, 5.74) is 8.66. The lowest BCUT2D eigenvalue weighted by Crippen LogP contribution is -2.14. The van der Waals surface area contributed by atoms with Crippen LogP contribution in [0.4, 0.5) is 0 Å². The average molecular weight is 257 g/mol. The molecule has 0 atom stereocenters. The van der Waals surface area contributed by atoms with Crippen LogP contribution in [0.15, 0.2) is 47.5 Å². The number of aryl methyl sites for hydroxylation is 1. The van der Waals surface area contributed by atoms with Crippen molar-refractivity contribution in [1.29, 1.82) is 5.41 Å². The highest BCUT2D eigenvalue weighted by Gasteiger charge is 2.07. The number of amidine groups is 1. The van der Waals surface area contributed by atoms with Gasteiger partial charge in [0.25, 0.3) is 0 Å². The van der Waals surface area contributed by atoms with Crippen molar-refractivity contribution in [2.24, 2.45) is 5.73 Å². The van der Waals surface area contributed by atoms with Crippen LogP contribution in [0.5, 0.6) is 0 Å². The Morgan fingerprint density at radius 3 is 2.78 bits per heavy atom. The van der Waals surface area contributed by atoms with Crippen molar-refractivity contribution in [3.8, 4) is 0 Å². The molecule has 0 aliphatic heterocycles. The molecule has 0 spiro atoms. The number of nitrogens with two attached hydrogens (primary N) is 1. The maximum absolute atomic E-state index is 7.50. The fraction of sp³-hybridized carbons (Fsp3) is 0.143. The Hall–Kier alpha value is -1.81. The Bertz CT molecular complexity index is 566. The zero-order valence-electron chi connectivity index (χ0n) is 10.2. The molecule has 0 unspecified atom stereocenters. The molecule has 4 heteroatoms. The lowest BCUT2D eigenvalue weighted by molar-refractivity contribution is 1.17. The van der Waals surface area contributed by atoms with Crippen LogP contribution in [0, 0.1) is 12.3 Å². The Morgan fingerprint density at radius 2 is 2.06 bits per heavy atom. The summed E-state index contributed by atoms with van der Waals surface area (Å²) in [5, 5.41) is 7.50. The highest BCUT2D eigenvalue weighted by molar-refractivity contribution is 7.98. The van der Waals surface area contributed by atoms with Gasteiger partial charge < -0.3 is 5.73 Å². The summed E-state index contributed by atoms with van der Waals surface area (Å²) in [4.78, 5) is 5.09. The molecule has 3 N–H and O–H groups in total. The molecule has 2 rings (SSSR count). The van der Waals surface area contributed by atoms with E-state index in [1.54, 1.807) is 18.0 Å². The molecule has 0 aliphatic carbocycles. The molecule has 18 heavy (non-hydrogen) atoms. The fourth-order valence-electron chi connectivity index (χ4n) is 1.64. The summed E-state index contributed by atoms with van der Waals surface area (Å²) in [6.07, 6.45) is 1.66. The second-order valence-electron chi connectivity index (χ2n) is 3.98. The van der Waals surface area contributed by atoms with Crippen LogP contribution in [-0.2, 0) is 5.75 Å². The van der Waals surface area contributed by atoms with Crippen molar-refractivity contribution in [2.75, 3.05) is 0 Å². The molecule has 0 aliphatic rings. The van der Waals surface area contributed by atoms with E-state index < -0.39 is 0 Å². The van der Waals surface area contributed by atoms with Crippen LogP contribution in [0.3, 0.4) is 0 Å². The molecule has 0 saturated carbocycles. The molecule has 2 aromatic rings. The minimum Gasteiger partial charge on any atom is -0.382 e. The van der Waals surface area contributed by atoms with Crippen LogP contribution in [0.2, 0.25) is 0 Å². The molecule has 1 aromatic heterocycles. The van der Waals surface area contributed by atoms with Crippen LogP contribution < -0.4 is 5.73 Å². The third kappa shape index (κ3) is 2.90. The van der Waals surface area contributed by atoms with E-state index in [-0.39, 0.29) is 5.84 Å². The van der Waals surface area contributed by atoms with Crippen molar-refractivity contribution < 1.29 is 0 Å². The van der Waals surface area contributed by atoms with Gasteiger partial charge in [0.15, 0.2) is 0 Å². The van der Waals surface area contributed by atoms with E-state index in [1.165, 1.54) is 11.1 Å². The van der Waals surface area contributed by atoms with E-state index in [9.17, 15) is 0 Å². The van der Waals surface area contributed by atoms with Crippen LogP contribution in [-0.4, -0.2) is 10.8 Å². The normalized spacial score (nSPS) is 10.3. The van der Waals surface area contributed by atoms with E-state index in [0.29, 0.717) is 5.69 Å². The first-order chi connectivity index (χ1) is 8.68. The monoisotopic (exact) mass is 257 g/mol. The minimum absolute atomic E-state index is 0.0166. The molecule has 3 nitrogen and oxygen atoms in total. The number of aromatic nitrogens is 1. The number of hydrogen-bond acceptors (Lipinski definition) is 3. The molecule has 92 valence electrons. The van der Waals surface area contributed by atoms with E-state index in [4.69, 9.17) is 11.1 Å². The van der Waals surface area contributed by atoms with Gasteiger partial charge >= 0.3 is 0 Å². The number of nitrogens with zero attached hydrogens (tertiary/aromatic N) is 1. The molecule has 0 saturated heterocycles. The van der Waals surface area contributed by atoms with Gasteiger partial charge in [-0.3, -0.25) is 10.4 Å².